The third-order valence-corrected chi connectivity index (χ3v) is 18.6. The van der Waals surface area contributed by atoms with Crippen molar-refractivity contribution < 1.29 is 80.2 Å². The Kier molecular flexibility index (Phi) is 65.0. The molecule has 0 rings (SSSR count). The summed E-state index contributed by atoms with van der Waals surface area (Å²) in [4.78, 5) is 72.6. The van der Waals surface area contributed by atoms with Gasteiger partial charge in [0.1, 0.15) is 19.3 Å². The van der Waals surface area contributed by atoms with Crippen molar-refractivity contribution in [2.45, 2.75) is 380 Å². The normalized spacial score (nSPS) is 14.2. The summed E-state index contributed by atoms with van der Waals surface area (Å²) in [5.41, 5.74) is 0. The van der Waals surface area contributed by atoms with Gasteiger partial charge in [-0.1, -0.05) is 309 Å². The van der Waals surface area contributed by atoms with Gasteiger partial charge < -0.3 is 33.8 Å². The van der Waals surface area contributed by atoms with Crippen LogP contribution in [0.25, 0.3) is 0 Å². The molecule has 2 unspecified atom stereocenters. The monoisotopic (exact) mass is 1360 g/mol. The molecule has 0 fully saturated rings. The minimum Gasteiger partial charge on any atom is -0.462 e. The molecule has 5 atom stereocenters. The molecule has 19 heteroatoms. The lowest BCUT2D eigenvalue weighted by Gasteiger charge is -2.21. The lowest BCUT2D eigenvalue weighted by Crippen LogP contribution is -2.30. The van der Waals surface area contributed by atoms with Crippen molar-refractivity contribution in [2.75, 3.05) is 39.6 Å². The fourth-order valence-corrected chi connectivity index (χ4v) is 12.4. The molecule has 0 saturated heterocycles. The van der Waals surface area contributed by atoms with Crippen LogP contribution >= 0.6 is 15.6 Å². The fraction of sp³-hybridized carbons (Fsp3) is 0.892. The minimum absolute atomic E-state index is 0.102. The van der Waals surface area contributed by atoms with Crippen molar-refractivity contribution in [1.82, 2.24) is 0 Å². The average molecular weight is 1360 g/mol. The molecule has 0 aliphatic rings. The van der Waals surface area contributed by atoms with Gasteiger partial charge in [-0.25, -0.2) is 9.13 Å². The second-order valence-electron chi connectivity index (χ2n) is 26.5. The van der Waals surface area contributed by atoms with Crippen LogP contribution in [-0.4, -0.2) is 96.7 Å². The highest BCUT2D eigenvalue weighted by Gasteiger charge is 2.30. The summed E-state index contributed by atoms with van der Waals surface area (Å²) in [6.07, 6.45) is 57.9. The van der Waals surface area contributed by atoms with Crippen LogP contribution in [0.4, 0.5) is 0 Å². The van der Waals surface area contributed by atoms with E-state index in [1.807, 2.05) is 0 Å². The van der Waals surface area contributed by atoms with Crippen molar-refractivity contribution in [3.63, 3.8) is 0 Å². The maximum absolute atomic E-state index is 13.1. The highest BCUT2D eigenvalue weighted by atomic mass is 31.2. The third-order valence-electron chi connectivity index (χ3n) is 16.7. The second-order valence-corrected chi connectivity index (χ2v) is 29.4. The molecule has 0 aromatic carbocycles. The van der Waals surface area contributed by atoms with E-state index < -0.39 is 97.5 Å². The summed E-state index contributed by atoms with van der Waals surface area (Å²) in [6.45, 7) is 7.14. The number of aliphatic hydroxyl groups is 1. The first kappa shape index (κ1) is 90.5. The lowest BCUT2D eigenvalue weighted by atomic mass is 10.0. The number of hydrogen-bond acceptors (Lipinski definition) is 15. The fourth-order valence-electron chi connectivity index (χ4n) is 10.8. The molecule has 0 amide bonds. The topological polar surface area (TPSA) is 237 Å². The van der Waals surface area contributed by atoms with Gasteiger partial charge in [-0.15, -0.1) is 0 Å². The van der Waals surface area contributed by atoms with E-state index >= 15 is 0 Å². The highest BCUT2D eigenvalue weighted by molar-refractivity contribution is 7.47. The van der Waals surface area contributed by atoms with E-state index in [-0.39, 0.29) is 25.7 Å². The molecular formula is C74H140O17P2. The van der Waals surface area contributed by atoms with Crippen LogP contribution in [0.1, 0.15) is 362 Å². The van der Waals surface area contributed by atoms with E-state index in [2.05, 4.69) is 58.9 Å². The van der Waals surface area contributed by atoms with Crippen molar-refractivity contribution in [3.8, 4) is 0 Å². The summed E-state index contributed by atoms with van der Waals surface area (Å²) < 4.78 is 68.3. The largest absolute Gasteiger partial charge is 0.472 e. The Hall–Kier alpha value is -2.46. The molecule has 0 aromatic heterocycles. The van der Waals surface area contributed by atoms with Crippen molar-refractivity contribution in [1.29, 1.82) is 0 Å². The quantitative estimate of drug-likeness (QED) is 0.0169. The van der Waals surface area contributed by atoms with Gasteiger partial charge in [0, 0.05) is 25.7 Å². The smallest absolute Gasteiger partial charge is 0.462 e. The van der Waals surface area contributed by atoms with E-state index in [9.17, 15) is 43.2 Å². The summed E-state index contributed by atoms with van der Waals surface area (Å²) in [5.74, 6) is -1.44. The van der Waals surface area contributed by atoms with Crippen LogP contribution in [-0.2, 0) is 65.4 Å². The van der Waals surface area contributed by atoms with Crippen LogP contribution in [0, 0.1) is 5.92 Å². The van der Waals surface area contributed by atoms with Gasteiger partial charge >= 0.3 is 39.5 Å². The molecule has 0 spiro atoms. The summed E-state index contributed by atoms with van der Waals surface area (Å²) in [7, 11) is -9.91. The zero-order valence-electron chi connectivity index (χ0n) is 59.9. The number of hydrogen-bond donors (Lipinski definition) is 3. The van der Waals surface area contributed by atoms with E-state index in [0.29, 0.717) is 25.7 Å². The predicted octanol–water partition coefficient (Wildman–Crippen LogP) is 21.2. The second kappa shape index (κ2) is 66.8. The molecule has 548 valence electrons. The summed E-state index contributed by atoms with van der Waals surface area (Å²) in [6, 6.07) is 0. The zero-order valence-corrected chi connectivity index (χ0v) is 61.7. The first-order valence-corrected chi connectivity index (χ1v) is 40.9. The molecule has 3 N–H and O–H groups in total. The number of phosphoric ester groups is 2. The number of esters is 4. The maximum Gasteiger partial charge on any atom is 0.472 e. The first-order chi connectivity index (χ1) is 45.0. The number of carbonyl (C=O) groups is 4. The molecule has 0 heterocycles. The van der Waals surface area contributed by atoms with Gasteiger partial charge in [-0.3, -0.25) is 37.3 Å². The number of allylic oxidation sites excluding steroid dienone is 4. The molecule has 17 nitrogen and oxygen atoms in total. The molecule has 0 radical (unpaired) electrons. The van der Waals surface area contributed by atoms with Crippen LogP contribution in [0.3, 0.4) is 0 Å². The Morgan fingerprint density at radius 2 is 0.581 bits per heavy atom. The molecule has 0 aromatic rings. The summed E-state index contributed by atoms with van der Waals surface area (Å²) >= 11 is 0. The predicted molar refractivity (Wildman–Crippen MR) is 377 cm³/mol. The number of carbonyl (C=O) groups excluding carboxylic acids is 4. The zero-order chi connectivity index (χ0) is 68.4. The molecule has 0 saturated carbocycles. The molecular weight excluding hydrogens is 1220 g/mol. The highest BCUT2D eigenvalue weighted by Crippen LogP contribution is 2.45. The average Bonchev–Trinajstić information content (AvgIpc) is 2.45. The molecule has 0 aliphatic heterocycles. The Morgan fingerprint density at radius 3 is 0.882 bits per heavy atom. The first-order valence-electron chi connectivity index (χ1n) is 38.0. The van der Waals surface area contributed by atoms with E-state index in [1.165, 1.54) is 161 Å². The number of rotatable bonds is 72. The number of aliphatic hydroxyl groups excluding tert-OH is 1. The van der Waals surface area contributed by atoms with Crippen LogP contribution in [0.15, 0.2) is 24.3 Å². The van der Waals surface area contributed by atoms with Crippen molar-refractivity contribution in [3.05, 3.63) is 24.3 Å². The van der Waals surface area contributed by atoms with Crippen LogP contribution < -0.4 is 0 Å². The number of phosphoric acid groups is 2. The van der Waals surface area contributed by atoms with E-state index in [4.69, 9.17) is 37.0 Å². The standard InChI is InChI=1S/C74H140O17P2/c1-6-9-12-15-18-21-23-25-27-28-29-30-32-34-36-38-44-49-54-59-73(78)90-70(64-85-72(77)58-53-48-43-37-35-33-31-26-24-22-19-16-13-10-7-2)66-89-93(82,83)87-62-68(75)61-86-92(80,81)88-65-69(63-84-71(76)57-52-47-42-20-17-14-11-8-3)91-74(79)60-55-50-45-40-39-41-46-51-56-67(4)5/h22,24,26,31,67-70,75H,6-21,23,25,27-30,32-66H2,1-5H3,(H,80,81)(H,82,83)/b24-22-,31-26-/t68-,69+,70+/m0/s1. The van der Waals surface area contributed by atoms with Crippen molar-refractivity contribution >= 4 is 39.5 Å². The third kappa shape index (κ3) is 67.9. The van der Waals surface area contributed by atoms with Gasteiger partial charge in [-0.2, -0.15) is 0 Å². The van der Waals surface area contributed by atoms with E-state index in [1.54, 1.807) is 0 Å². The Labute approximate surface area is 567 Å². The van der Waals surface area contributed by atoms with Gasteiger partial charge in [0.25, 0.3) is 0 Å². The van der Waals surface area contributed by atoms with E-state index in [0.717, 1.165) is 121 Å². The van der Waals surface area contributed by atoms with Crippen LogP contribution in [0.5, 0.6) is 0 Å². The van der Waals surface area contributed by atoms with Crippen LogP contribution in [0.2, 0.25) is 0 Å². The van der Waals surface area contributed by atoms with Crippen molar-refractivity contribution in [2.24, 2.45) is 5.92 Å². The van der Waals surface area contributed by atoms with Gasteiger partial charge in [0.2, 0.25) is 0 Å². The van der Waals surface area contributed by atoms with Gasteiger partial charge in [-0.05, 0) is 57.3 Å². The number of unbranched alkanes of at least 4 members (excludes halogenated alkanes) is 41. The molecule has 0 aliphatic carbocycles. The van der Waals surface area contributed by atoms with Gasteiger partial charge in [0.05, 0.1) is 26.4 Å². The Bertz CT molecular complexity index is 1880. The maximum atomic E-state index is 13.1. The Morgan fingerprint density at radius 1 is 0.333 bits per heavy atom. The Balaban J connectivity index is 5.23. The molecule has 0 bridgehead atoms. The lowest BCUT2D eigenvalue weighted by molar-refractivity contribution is -0.161. The minimum atomic E-state index is -4.96. The SMILES string of the molecule is CCCCCC/C=C\C=C/CCCCCCCC(=O)OC[C@H](COP(=O)(O)OC[C@@H](O)COP(=O)(O)OC[C@@H](COC(=O)CCCCCCCCCC)OC(=O)CCCCCCCCCCC(C)C)OC(=O)CCCCCCCCCCCCCCCCCCCCC. The summed E-state index contributed by atoms with van der Waals surface area (Å²) in [5, 5.41) is 10.6. The molecule has 93 heavy (non-hydrogen) atoms. The van der Waals surface area contributed by atoms with Gasteiger partial charge in [0.15, 0.2) is 12.2 Å². The number of ether oxygens (including phenoxy) is 4.